The Morgan fingerprint density at radius 2 is 2.06 bits per heavy atom. The van der Waals surface area contributed by atoms with Crippen LogP contribution in [0.2, 0.25) is 0 Å². The quantitative estimate of drug-likeness (QED) is 0.678. The average Bonchev–Trinajstić information content (AvgIpc) is 2.26. The molecule has 7 nitrogen and oxygen atoms in total. The van der Waals surface area contributed by atoms with E-state index in [-0.39, 0.29) is 11.9 Å². The molecule has 1 aliphatic carbocycles. The lowest BCUT2D eigenvalue weighted by Gasteiger charge is -2.32. The van der Waals surface area contributed by atoms with Crippen molar-refractivity contribution in [2.75, 3.05) is 11.9 Å². The average molecular weight is 239 g/mol. The highest BCUT2D eigenvalue weighted by atomic mass is 16.2. The highest BCUT2D eigenvalue weighted by molar-refractivity contribution is 5.29. The van der Waals surface area contributed by atoms with Crippen molar-refractivity contribution in [2.45, 2.75) is 18.9 Å². The molecule has 1 aromatic rings. The standard InChI is InChI=1S/C10H17N5O2/c1-14-9(16)8(13-15(2)10(14)17)12-5-6-3-7(11)4-6/h6-7H,3-5,11H2,1-2H3,(H,12,13). The van der Waals surface area contributed by atoms with Gasteiger partial charge in [-0.15, -0.1) is 5.10 Å². The molecular formula is C10H17N5O2. The van der Waals surface area contributed by atoms with Gasteiger partial charge < -0.3 is 11.1 Å². The van der Waals surface area contributed by atoms with Crippen molar-refractivity contribution in [3.63, 3.8) is 0 Å². The summed E-state index contributed by atoms with van der Waals surface area (Å²) in [6, 6.07) is 0.290. The molecule has 0 amide bonds. The monoisotopic (exact) mass is 239 g/mol. The van der Waals surface area contributed by atoms with Gasteiger partial charge in [-0.05, 0) is 18.8 Å². The zero-order valence-electron chi connectivity index (χ0n) is 10.0. The third kappa shape index (κ3) is 2.23. The van der Waals surface area contributed by atoms with E-state index in [1.165, 1.54) is 14.1 Å². The summed E-state index contributed by atoms with van der Waals surface area (Å²) >= 11 is 0. The van der Waals surface area contributed by atoms with Crippen LogP contribution < -0.4 is 22.3 Å². The maximum atomic E-state index is 11.7. The summed E-state index contributed by atoms with van der Waals surface area (Å²) in [4.78, 5) is 23.1. The van der Waals surface area contributed by atoms with Crippen LogP contribution in [-0.2, 0) is 14.1 Å². The molecule has 0 unspecified atom stereocenters. The van der Waals surface area contributed by atoms with E-state index >= 15 is 0 Å². The highest BCUT2D eigenvalue weighted by Gasteiger charge is 2.25. The number of hydrogen-bond donors (Lipinski definition) is 2. The van der Waals surface area contributed by atoms with Crippen LogP contribution in [0, 0.1) is 5.92 Å². The minimum Gasteiger partial charge on any atom is -0.364 e. The first-order valence-corrected chi connectivity index (χ1v) is 5.63. The van der Waals surface area contributed by atoms with Gasteiger partial charge >= 0.3 is 5.69 Å². The molecule has 1 heterocycles. The summed E-state index contributed by atoms with van der Waals surface area (Å²) in [6.45, 7) is 0.675. The molecule has 1 saturated carbocycles. The predicted molar refractivity (Wildman–Crippen MR) is 63.9 cm³/mol. The number of rotatable bonds is 3. The molecule has 1 aliphatic rings. The Bertz CT molecular complexity index is 526. The van der Waals surface area contributed by atoms with Gasteiger partial charge in [0, 0.05) is 26.7 Å². The van der Waals surface area contributed by atoms with E-state index in [1.54, 1.807) is 0 Å². The Labute approximate surface area is 98.2 Å². The smallest absolute Gasteiger partial charge is 0.346 e. The number of nitrogens with two attached hydrogens (primary N) is 1. The predicted octanol–water partition coefficient (Wildman–Crippen LogP) is -1.37. The fraction of sp³-hybridized carbons (Fsp3) is 0.700. The molecule has 1 aromatic heterocycles. The van der Waals surface area contributed by atoms with Gasteiger partial charge in [0.05, 0.1) is 0 Å². The zero-order valence-corrected chi connectivity index (χ0v) is 10.0. The van der Waals surface area contributed by atoms with Crippen LogP contribution in [0.4, 0.5) is 5.82 Å². The molecule has 0 aliphatic heterocycles. The molecule has 7 heteroatoms. The highest BCUT2D eigenvalue weighted by Crippen LogP contribution is 2.25. The van der Waals surface area contributed by atoms with Gasteiger partial charge in [0.2, 0.25) is 5.82 Å². The number of aromatic nitrogens is 3. The normalized spacial score (nSPS) is 23.2. The first kappa shape index (κ1) is 11.8. The van der Waals surface area contributed by atoms with Gasteiger partial charge in [-0.2, -0.15) is 0 Å². The van der Waals surface area contributed by atoms with Crippen LogP contribution in [0.25, 0.3) is 0 Å². The van der Waals surface area contributed by atoms with Crippen LogP contribution in [-0.4, -0.2) is 26.9 Å². The molecule has 0 spiro atoms. The Morgan fingerprint density at radius 3 is 2.65 bits per heavy atom. The second-order valence-electron chi connectivity index (χ2n) is 4.60. The number of aryl methyl sites for hydroxylation is 1. The Balaban J connectivity index is 2.11. The van der Waals surface area contributed by atoms with Crippen molar-refractivity contribution in [3.05, 3.63) is 20.8 Å². The van der Waals surface area contributed by atoms with Gasteiger partial charge in [-0.25, -0.2) is 9.48 Å². The van der Waals surface area contributed by atoms with Crippen molar-refractivity contribution in [3.8, 4) is 0 Å². The van der Waals surface area contributed by atoms with Crippen molar-refractivity contribution in [1.29, 1.82) is 0 Å². The van der Waals surface area contributed by atoms with E-state index in [9.17, 15) is 9.59 Å². The fourth-order valence-electron chi connectivity index (χ4n) is 2.00. The van der Waals surface area contributed by atoms with Crippen LogP contribution >= 0.6 is 0 Å². The minimum absolute atomic E-state index is 0.218. The first-order chi connectivity index (χ1) is 7.99. The molecule has 0 atom stereocenters. The molecule has 17 heavy (non-hydrogen) atoms. The molecule has 0 saturated heterocycles. The summed E-state index contributed by atoms with van der Waals surface area (Å²) in [6.07, 6.45) is 1.94. The number of hydrogen-bond acceptors (Lipinski definition) is 5. The lowest BCUT2D eigenvalue weighted by Crippen LogP contribution is -2.42. The molecule has 94 valence electrons. The summed E-state index contributed by atoms with van der Waals surface area (Å²) < 4.78 is 2.19. The summed E-state index contributed by atoms with van der Waals surface area (Å²) in [5.41, 5.74) is 4.86. The van der Waals surface area contributed by atoms with E-state index in [0.717, 1.165) is 22.1 Å². The number of anilines is 1. The van der Waals surface area contributed by atoms with Gasteiger partial charge in [-0.1, -0.05) is 0 Å². The molecule has 1 fully saturated rings. The van der Waals surface area contributed by atoms with Gasteiger partial charge in [-0.3, -0.25) is 9.36 Å². The van der Waals surface area contributed by atoms with Crippen LogP contribution in [0.3, 0.4) is 0 Å². The van der Waals surface area contributed by atoms with E-state index in [0.29, 0.717) is 12.5 Å². The largest absolute Gasteiger partial charge is 0.364 e. The molecule has 0 bridgehead atoms. The van der Waals surface area contributed by atoms with Gasteiger partial charge in [0.15, 0.2) is 0 Å². The van der Waals surface area contributed by atoms with Crippen molar-refractivity contribution in [1.82, 2.24) is 14.3 Å². The van der Waals surface area contributed by atoms with Crippen LogP contribution in [0.5, 0.6) is 0 Å². The van der Waals surface area contributed by atoms with Crippen molar-refractivity contribution < 1.29 is 0 Å². The Kier molecular flexibility index (Phi) is 3.01. The fourth-order valence-corrected chi connectivity index (χ4v) is 2.00. The van der Waals surface area contributed by atoms with Crippen molar-refractivity contribution >= 4 is 5.82 Å². The Hall–Kier alpha value is -1.63. The van der Waals surface area contributed by atoms with E-state index < -0.39 is 11.2 Å². The van der Waals surface area contributed by atoms with Crippen LogP contribution in [0.1, 0.15) is 12.8 Å². The van der Waals surface area contributed by atoms with Crippen molar-refractivity contribution in [2.24, 2.45) is 25.7 Å². The van der Waals surface area contributed by atoms with Crippen LogP contribution in [0.15, 0.2) is 9.59 Å². The maximum Gasteiger partial charge on any atom is 0.346 e. The lowest BCUT2D eigenvalue weighted by atomic mass is 9.81. The van der Waals surface area contributed by atoms with E-state index in [2.05, 4.69) is 10.4 Å². The number of nitrogens with one attached hydrogen (secondary N) is 1. The second-order valence-corrected chi connectivity index (χ2v) is 4.60. The molecule has 2 rings (SSSR count). The first-order valence-electron chi connectivity index (χ1n) is 5.63. The van der Waals surface area contributed by atoms with E-state index in [4.69, 9.17) is 5.73 Å². The molecular weight excluding hydrogens is 222 g/mol. The van der Waals surface area contributed by atoms with Gasteiger partial charge in [0.25, 0.3) is 5.56 Å². The third-order valence-corrected chi connectivity index (χ3v) is 3.15. The molecule has 0 radical (unpaired) electrons. The summed E-state index contributed by atoms with van der Waals surface area (Å²) in [7, 11) is 2.96. The zero-order chi connectivity index (χ0) is 12.6. The lowest BCUT2D eigenvalue weighted by molar-refractivity contribution is 0.279. The topological polar surface area (TPSA) is 94.9 Å². The minimum atomic E-state index is -0.425. The molecule has 0 aromatic carbocycles. The SMILES string of the molecule is Cn1nc(NCC2CC(N)C2)c(=O)n(C)c1=O. The third-order valence-electron chi connectivity index (χ3n) is 3.15. The molecule has 3 N–H and O–H groups in total. The summed E-state index contributed by atoms with van der Waals surface area (Å²) in [5.74, 6) is 0.712. The van der Waals surface area contributed by atoms with E-state index in [1.807, 2.05) is 0 Å². The van der Waals surface area contributed by atoms with Gasteiger partial charge in [0.1, 0.15) is 0 Å². The Morgan fingerprint density at radius 1 is 1.41 bits per heavy atom. The second kappa shape index (κ2) is 4.33. The maximum absolute atomic E-state index is 11.7. The number of nitrogens with zero attached hydrogens (tertiary/aromatic N) is 3. The summed E-state index contributed by atoms with van der Waals surface area (Å²) in [5, 5.41) is 6.90.